The molecule has 1 aromatic heterocycles. The number of hydrogen-bond donors (Lipinski definition) is 0. The second-order valence-corrected chi connectivity index (χ2v) is 7.57. The predicted octanol–water partition coefficient (Wildman–Crippen LogP) is 1.34. The first-order valence-electron chi connectivity index (χ1n) is 10.1. The Labute approximate surface area is 171 Å². The molecule has 2 aromatic rings. The van der Waals surface area contributed by atoms with Crippen molar-refractivity contribution in [3.63, 3.8) is 0 Å². The number of hydrogen-bond acceptors (Lipinski definition) is 7. The second-order valence-electron chi connectivity index (χ2n) is 7.57. The van der Waals surface area contributed by atoms with Gasteiger partial charge in [-0.3, -0.25) is 4.79 Å². The maximum atomic E-state index is 12.9. The van der Waals surface area contributed by atoms with Gasteiger partial charge in [-0.2, -0.15) is 0 Å². The van der Waals surface area contributed by atoms with Crippen LogP contribution in [0.15, 0.2) is 36.4 Å². The number of amides is 1. The van der Waals surface area contributed by atoms with E-state index < -0.39 is 0 Å². The van der Waals surface area contributed by atoms with Gasteiger partial charge in [0.25, 0.3) is 5.91 Å². The lowest BCUT2D eigenvalue weighted by molar-refractivity contribution is 0.0746. The number of benzene rings is 1. The summed E-state index contributed by atoms with van der Waals surface area (Å²) in [6.07, 6.45) is 0. The summed E-state index contributed by atoms with van der Waals surface area (Å²) >= 11 is 0. The standard InChI is InChI=1S/C21H28N6O2/c1-24(2)18-5-3-4-17(16-18)21(28)27-10-8-25(9-11-27)19-6-7-20(23-22-19)26-12-14-29-15-13-26/h3-7,16H,8-15H2,1-2H3. The number of piperazine rings is 1. The quantitative estimate of drug-likeness (QED) is 0.773. The number of morpholine rings is 1. The normalized spacial score (nSPS) is 17.4. The van der Waals surface area contributed by atoms with Gasteiger partial charge in [0.1, 0.15) is 0 Å². The van der Waals surface area contributed by atoms with Gasteiger partial charge in [0.15, 0.2) is 11.6 Å². The van der Waals surface area contributed by atoms with Crippen molar-refractivity contribution in [2.75, 3.05) is 81.3 Å². The lowest BCUT2D eigenvalue weighted by Gasteiger charge is -2.35. The molecule has 8 nitrogen and oxygen atoms in total. The summed E-state index contributed by atoms with van der Waals surface area (Å²) in [7, 11) is 3.96. The van der Waals surface area contributed by atoms with E-state index in [2.05, 4.69) is 20.0 Å². The Morgan fingerprint density at radius 3 is 2.10 bits per heavy atom. The maximum absolute atomic E-state index is 12.9. The Bertz CT molecular complexity index is 827. The van der Waals surface area contributed by atoms with Crippen molar-refractivity contribution in [2.24, 2.45) is 0 Å². The van der Waals surface area contributed by atoms with E-state index in [-0.39, 0.29) is 5.91 Å². The topological polar surface area (TPSA) is 65.0 Å². The number of aromatic nitrogens is 2. The van der Waals surface area contributed by atoms with Crippen molar-refractivity contribution in [1.82, 2.24) is 15.1 Å². The fourth-order valence-corrected chi connectivity index (χ4v) is 3.69. The van der Waals surface area contributed by atoms with Crippen LogP contribution in [0.1, 0.15) is 10.4 Å². The monoisotopic (exact) mass is 396 g/mol. The first kappa shape index (κ1) is 19.4. The summed E-state index contributed by atoms with van der Waals surface area (Å²) in [5.41, 5.74) is 1.77. The highest BCUT2D eigenvalue weighted by Gasteiger charge is 2.23. The van der Waals surface area contributed by atoms with Crippen molar-refractivity contribution >= 4 is 23.2 Å². The van der Waals surface area contributed by atoms with E-state index in [1.165, 1.54) is 0 Å². The minimum atomic E-state index is 0.0853. The van der Waals surface area contributed by atoms with E-state index in [9.17, 15) is 4.79 Å². The summed E-state index contributed by atoms with van der Waals surface area (Å²) in [6.45, 7) is 6.03. The molecular weight excluding hydrogens is 368 g/mol. The highest BCUT2D eigenvalue weighted by atomic mass is 16.5. The molecule has 8 heteroatoms. The van der Waals surface area contributed by atoms with Gasteiger partial charge in [0, 0.05) is 64.6 Å². The van der Waals surface area contributed by atoms with Crippen LogP contribution >= 0.6 is 0 Å². The van der Waals surface area contributed by atoms with Gasteiger partial charge in [0.05, 0.1) is 13.2 Å². The molecule has 29 heavy (non-hydrogen) atoms. The molecule has 4 rings (SSSR count). The predicted molar refractivity (Wildman–Crippen MR) is 114 cm³/mol. The zero-order valence-corrected chi connectivity index (χ0v) is 17.1. The zero-order valence-electron chi connectivity index (χ0n) is 17.1. The molecule has 0 N–H and O–H groups in total. The van der Waals surface area contributed by atoms with Crippen LogP contribution in [0.4, 0.5) is 17.3 Å². The summed E-state index contributed by atoms with van der Waals surface area (Å²) in [6, 6.07) is 11.8. The van der Waals surface area contributed by atoms with Crippen molar-refractivity contribution in [3.05, 3.63) is 42.0 Å². The summed E-state index contributed by atoms with van der Waals surface area (Å²) in [5, 5.41) is 8.82. The lowest BCUT2D eigenvalue weighted by atomic mass is 10.1. The Balaban J connectivity index is 1.35. The Hall–Kier alpha value is -2.87. The van der Waals surface area contributed by atoms with Gasteiger partial charge in [-0.05, 0) is 30.3 Å². The molecule has 1 amide bonds. The fourth-order valence-electron chi connectivity index (χ4n) is 3.69. The van der Waals surface area contributed by atoms with Crippen LogP contribution in [0.25, 0.3) is 0 Å². The fraction of sp³-hybridized carbons (Fsp3) is 0.476. The smallest absolute Gasteiger partial charge is 0.254 e. The Kier molecular flexibility index (Phi) is 5.80. The SMILES string of the molecule is CN(C)c1cccc(C(=O)N2CCN(c3ccc(N4CCOCC4)nn3)CC2)c1. The lowest BCUT2D eigenvalue weighted by Crippen LogP contribution is -2.49. The highest BCUT2D eigenvalue weighted by molar-refractivity contribution is 5.95. The number of nitrogens with zero attached hydrogens (tertiary/aromatic N) is 6. The molecule has 2 fully saturated rings. The van der Waals surface area contributed by atoms with E-state index in [0.29, 0.717) is 13.1 Å². The molecule has 0 bridgehead atoms. The van der Waals surface area contributed by atoms with Crippen LogP contribution < -0.4 is 14.7 Å². The third-order valence-electron chi connectivity index (χ3n) is 5.47. The molecule has 0 unspecified atom stereocenters. The van der Waals surface area contributed by atoms with E-state index >= 15 is 0 Å². The number of rotatable bonds is 4. The third-order valence-corrected chi connectivity index (χ3v) is 5.47. The first-order chi connectivity index (χ1) is 14.1. The van der Waals surface area contributed by atoms with Crippen molar-refractivity contribution < 1.29 is 9.53 Å². The molecule has 0 radical (unpaired) electrons. The third kappa shape index (κ3) is 4.42. The van der Waals surface area contributed by atoms with Crippen LogP contribution in [0.3, 0.4) is 0 Å². The Morgan fingerprint density at radius 2 is 1.52 bits per heavy atom. The molecular formula is C21H28N6O2. The summed E-state index contributed by atoms with van der Waals surface area (Å²) in [4.78, 5) is 21.2. The zero-order chi connectivity index (χ0) is 20.2. The average Bonchev–Trinajstić information content (AvgIpc) is 2.79. The minimum absolute atomic E-state index is 0.0853. The molecule has 1 aromatic carbocycles. The minimum Gasteiger partial charge on any atom is -0.378 e. The molecule has 0 saturated carbocycles. The van der Waals surface area contributed by atoms with Crippen LogP contribution in [0.5, 0.6) is 0 Å². The van der Waals surface area contributed by atoms with Crippen molar-refractivity contribution in [1.29, 1.82) is 0 Å². The molecule has 154 valence electrons. The van der Waals surface area contributed by atoms with Gasteiger partial charge < -0.3 is 24.3 Å². The van der Waals surface area contributed by atoms with Crippen molar-refractivity contribution in [2.45, 2.75) is 0 Å². The largest absolute Gasteiger partial charge is 0.378 e. The van der Waals surface area contributed by atoms with Crippen LogP contribution in [0.2, 0.25) is 0 Å². The van der Waals surface area contributed by atoms with E-state index in [1.807, 2.05) is 60.3 Å². The number of anilines is 3. The molecule has 2 aliphatic rings. The van der Waals surface area contributed by atoms with E-state index in [1.54, 1.807) is 0 Å². The molecule has 2 aliphatic heterocycles. The summed E-state index contributed by atoms with van der Waals surface area (Å²) < 4.78 is 5.39. The van der Waals surface area contributed by atoms with Crippen LogP contribution in [0, 0.1) is 0 Å². The van der Waals surface area contributed by atoms with Crippen LogP contribution in [-0.2, 0) is 4.74 Å². The molecule has 0 atom stereocenters. The Morgan fingerprint density at radius 1 is 0.897 bits per heavy atom. The highest BCUT2D eigenvalue weighted by Crippen LogP contribution is 2.19. The van der Waals surface area contributed by atoms with E-state index in [4.69, 9.17) is 4.74 Å². The van der Waals surface area contributed by atoms with E-state index in [0.717, 1.165) is 62.3 Å². The second kappa shape index (κ2) is 8.65. The number of carbonyl (C=O) groups is 1. The van der Waals surface area contributed by atoms with Gasteiger partial charge in [0.2, 0.25) is 0 Å². The molecule has 0 spiro atoms. The van der Waals surface area contributed by atoms with Crippen molar-refractivity contribution in [3.8, 4) is 0 Å². The van der Waals surface area contributed by atoms with Gasteiger partial charge >= 0.3 is 0 Å². The van der Waals surface area contributed by atoms with Gasteiger partial charge in [-0.25, -0.2) is 0 Å². The number of ether oxygens (including phenoxy) is 1. The van der Waals surface area contributed by atoms with Crippen LogP contribution in [-0.4, -0.2) is 87.6 Å². The first-order valence-corrected chi connectivity index (χ1v) is 10.1. The maximum Gasteiger partial charge on any atom is 0.254 e. The van der Waals surface area contributed by atoms with Gasteiger partial charge in [-0.15, -0.1) is 10.2 Å². The average molecular weight is 396 g/mol. The molecule has 0 aliphatic carbocycles. The number of carbonyl (C=O) groups excluding carboxylic acids is 1. The summed E-state index contributed by atoms with van der Waals surface area (Å²) in [5.74, 6) is 1.84. The molecule has 3 heterocycles. The molecule has 2 saturated heterocycles. The van der Waals surface area contributed by atoms with Gasteiger partial charge in [-0.1, -0.05) is 6.07 Å².